The lowest BCUT2D eigenvalue weighted by molar-refractivity contribution is -0.134. The Balaban J connectivity index is 1.94. The van der Waals surface area contributed by atoms with E-state index in [0.717, 1.165) is 6.26 Å². The van der Waals surface area contributed by atoms with Gasteiger partial charge in [0.15, 0.2) is 0 Å². The van der Waals surface area contributed by atoms with E-state index in [4.69, 9.17) is 11.6 Å². The predicted octanol–water partition coefficient (Wildman–Crippen LogP) is 0.486. The molecular weight excluding hydrogens is 368 g/mol. The smallest absolute Gasteiger partial charge is 0.242 e. The molecule has 1 atom stereocenters. The molecule has 1 aliphatic rings. The number of pyridine rings is 1. The maximum absolute atomic E-state index is 12.5. The van der Waals surface area contributed by atoms with Crippen LogP contribution in [0.4, 0.5) is 5.82 Å². The highest BCUT2D eigenvalue weighted by molar-refractivity contribution is 7.89. The van der Waals surface area contributed by atoms with Crippen LogP contribution in [0, 0.1) is 5.92 Å². The standard InChI is InChI=1S/C15H21ClN4O4S/c1-19(13-6-5-12(16)8-17-13)10-14(21)20-7-3-4-11(9-20)15(22)18-25(2,23)24/h5-6,8,11H,3-4,7,9-10H2,1-2H3,(H,18,22). The highest BCUT2D eigenvalue weighted by atomic mass is 35.5. The molecule has 8 nitrogen and oxygen atoms in total. The summed E-state index contributed by atoms with van der Waals surface area (Å²) in [7, 11) is -1.86. The number of aromatic nitrogens is 1. The van der Waals surface area contributed by atoms with E-state index in [1.54, 1.807) is 29.0 Å². The van der Waals surface area contributed by atoms with E-state index in [0.29, 0.717) is 30.2 Å². The molecule has 0 bridgehead atoms. The van der Waals surface area contributed by atoms with Gasteiger partial charge >= 0.3 is 0 Å². The second kappa shape index (κ2) is 8.01. The number of halogens is 1. The molecule has 0 aliphatic carbocycles. The molecule has 0 radical (unpaired) electrons. The number of hydrogen-bond donors (Lipinski definition) is 1. The lowest BCUT2D eigenvalue weighted by atomic mass is 9.97. The lowest BCUT2D eigenvalue weighted by Crippen LogP contribution is -2.48. The van der Waals surface area contributed by atoms with E-state index >= 15 is 0 Å². The van der Waals surface area contributed by atoms with E-state index in [1.807, 2.05) is 4.72 Å². The van der Waals surface area contributed by atoms with Crippen molar-refractivity contribution in [3.8, 4) is 0 Å². The first kappa shape index (κ1) is 19.5. The molecule has 1 aliphatic heterocycles. The SMILES string of the molecule is CN(CC(=O)N1CCCC(C(=O)NS(C)(=O)=O)C1)c1ccc(Cl)cn1. The molecule has 2 rings (SSSR count). The average molecular weight is 389 g/mol. The Hall–Kier alpha value is -1.87. The fraction of sp³-hybridized carbons (Fsp3) is 0.533. The van der Waals surface area contributed by atoms with Crippen LogP contribution in [0.3, 0.4) is 0 Å². The van der Waals surface area contributed by atoms with Crippen molar-refractivity contribution in [1.29, 1.82) is 0 Å². The van der Waals surface area contributed by atoms with Crippen molar-refractivity contribution in [3.05, 3.63) is 23.4 Å². The minimum Gasteiger partial charge on any atom is -0.350 e. The van der Waals surface area contributed by atoms with Gasteiger partial charge in [0.05, 0.1) is 23.7 Å². The van der Waals surface area contributed by atoms with Crippen LogP contribution in [0.15, 0.2) is 18.3 Å². The molecule has 1 aromatic heterocycles. The molecular formula is C15H21ClN4O4S. The Bertz CT molecular complexity index is 738. The van der Waals surface area contributed by atoms with Crippen molar-refractivity contribution in [2.75, 3.05) is 37.8 Å². The van der Waals surface area contributed by atoms with Crippen LogP contribution in [0.1, 0.15) is 12.8 Å². The fourth-order valence-electron chi connectivity index (χ4n) is 2.66. The Morgan fingerprint density at radius 3 is 2.76 bits per heavy atom. The first-order chi connectivity index (χ1) is 11.7. The van der Waals surface area contributed by atoms with E-state index in [-0.39, 0.29) is 19.0 Å². The van der Waals surface area contributed by atoms with Gasteiger partial charge in [-0.2, -0.15) is 0 Å². The normalized spacial score (nSPS) is 17.9. The Kier molecular flexibility index (Phi) is 6.23. The largest absolute Gasteiger partial charge is 0.350 e. The summed E-state index contributed by atoms with van der Waals surface area (Å²) < 4.78 is 24.4. The minimum absolute atomic E-state index is 0.106. The van der Waals surface area contributed by atoms with Gasteiger partial charge < -0.3 is 9.80 Å². The monoisotopic (exact) mass is 388 g/mol. The molecule has 1 N–H and O–H groups in total. The summed E-state index contributed by atoms with van der Waals surface area (Å²) in [5, 5.41) is 0.513. The van der Waals surface area contributed by atoms with Crippen LogP contribution < -0.4 is 9.62 Å². The molecule has 0 spiro atoms. The van der Waals surface area contributed by atoms with Gasteiger partial charge in [0.2, 0.25) is 21.8 Å². The summed E-state index contributed by atoms with van der Waals surface area (Å²) in [6.07, 6.45) is 3.64. The van der Waals surface area contributed by atoms with Crippen LogP contribution in [0.5, 0.6) is 0 Å². The molecule has 10 heteroatoms. The number of amides is 2. The maximum Gasteiger partial charge on any atom is 0.242 e. The number of piperidine rings is 1. The second-order valence-corrected chi connectivity index (χ2v) is 8.29. The van der Waals surface area contributed by atoms with Crippen LogP contribution in [-0.4, -0.2) is 63.1 Å². The molecule has 1 unspecified atom stereocenters. The number of hydrogen-bond acceptors (Lipinski definition) is 6. The molecule has 1 saturated heterocycles. The first-order valence-corrected chi connectivity index (χ1v) is 10.0. The molecule has 2 amide bonds. The Morgan fingerprint density at radius 2 is 2.16 bits per heavy atom. The Morgan fingerprint density at radius 1 is 1.44 bits per heavy atom. The third kappa shape index (κ3) is 5.86. The summed E-state index contributed by atoms with van der Waals surface area (Å²) in [6.45, 7) is 0.862. The van der Waals surface area contributed by atoms with Crippen LogP contribution in [-0.2, 0) is 19.6 Å². The topological polar surface area (TPSA) is 99.7 Å². The molecule has 1 fully saturated rings. The van der Waals surface area contributed by atoms with Gasteiger partial charge in [-0.25, -0.2) is 13.4 Å². The number of nitrogens with zero attached hydrogens (tertiary/aromatic N) is 3. The number of carbonyl (C=O) groups is 2. The van der Waals surface area contributed by atoms with Gasteiger partial charge in [-0.15, -0.1) is 0 Å². The van der Waals surface area contributed by atoms with Gasteiger partial charge in [-0.05, 0) is 25.0 Å². The number of carbonyl (C=O) groups excluding carboxylic acids is 2. The zero-order chi connectivity index (χ0) is 18.6. The van der Waals surface area contributed by atoms with Gasteiger partial charge in [-0.1, -0.05) is 11.6 Å². The Labute approximate surface area is 152 Å². The van der Waals surface area contributed by atoms with Gasteiger partial charge in [0, 0.05) is 26.3 Å². The lowest BCUT2D eigenvalue weighted by Gasteiger charge is -2.33. The predicted molar refractivity (Wildman–Crippen MR) is 94.8 cm³/mol. The number of likely N-dealkylation sites (tertiary alicyclic amines) is 1. The van der Waals surface area contributed by atoms with E-state index in [1.165, 1.54) is 6.20 Å². The molecule has 1 aromatic rings. The summed E-state index contributed by atoms with van der Waals surface area (Å²) in [5.41, 5.74) is 0. The van der Waals surface area contributed by atoms with Gasteiger partial charge in [0.1, 0.15) is 5.82 Å². The second-order valence-electron chi connectivity index (χ2n) is 6.11. The minimum atomic E-state index is -3.60. The van der Waals surface area contributed by atoms with Crippen molar-refractivity contribution in [2.24, 2.45) is 5.92 Å². The van der Waals surface area contributed by atoms with E-state index in [2.05, 4.69) is 4.98 Å². The fourth-order valence-corrected chi connectivity index (χ4v) is 3.31. The third-order valence-electron chi connectivity index (χ3n) is 3.91. The average Bonchev–Trinajstić information content (AvgIpc) is 2.54. The zero-order valence-corrected chi connectivity index (χ0v) is 15.7. The highest BCUT2D eigenvalue weighted by Crippen LogP contribution is 2.18. The molecule has 138 valence electrons. The summed E-state index contributed by atoms with van der Waals surface area (Å²) in [4.78, 5) is 31.9. The van der Waals surface area contributed by atoms with Crippen molar-refractivity contribution >= 4 is 39.3 Å². The number of likely N-dealkylation sites (N-methyl/N-ethyl adjacent to an activating group) is 1. The van der Waals surface area contributed by atoms with E-state index in [9.17, 15) is 18.0 Å². The quantitative estimate of drug-likeness (QED) is 0.787. The van der Waals surface area contributed by atoms with Gasteiger partial charge in [0.25, 0.3) is 0 Å². The maximum atomic E-state index is 12.5. The summed E-state index contributed by atoms with van der Waals surface area (Å²) in [5.74, 6) is -0.614. The first-order valence-electron chi connectivity index (χ1n) is 7.78. The molecule has 2 heterocycles. The van der Waals surface area contributed by atoms with Crippen LogP contribution in [0.25, 0.3) is 0 Å². The van der Waals surface area contributed by atoms with Crippen molar-refractivity contribution in [2.45, 2.75) is 12.8 Å². The third-order valence-corrected chi connectivity index (χ3v) is 4.70. The molecule has 0 saturated carbocycles. The summed E-state index contributed by atoms with van der Waals surface area (Å²) in [6, 6.07) is 3.41. The molecule has 25 heavy (non-hydrogen) atoms. The zero-order valence-electron chi connectivity index (χ0n) is 14.1. The van der Waals surface area contributed by atoms with Gasteiger partial charge in [-0.3, -0.25) is 14.3 Å². The van der Waals surface area contributed by atoms with Crippen molar-refractivity contribution in [1.82, 2.24) is 14.6 Å². The number of sulfonamides is 1. The number of rotatable bonds is 5. The van der Waals surface area contributed by atoms with Crippen LogP contribution in [0.2, 0.25) is 5.02 Å². The number of nitrogens with one attached hydrogen (secondary N) is 1. The van der Waals surface area contributed by atoms with Crippen molar-refractivity contribution in [3.63, 3.8) is 0 Å². The number of anilines is 1. The van der Waals surface area contributed by atoms with E-state index < -0.39 is 21.8 Å². The highest BCUT2D eigenvalue weighted by Gasteiger charge is 2.30. The van der Waals surface area contributed by atoms with Crippen LogP contribution >= 0.6 is 11.6 Å². The van der Waals surface area contributed by atoms with Crippen molar-refractivity contribution < 1.29 is 18.0 Å². The molecule has 0 aromatic carbocycles. The summed E-state index contributed by atoms with van der Waals surface area (Å²) >= 11 is 5.80.